The average Bonchev–Trinajstić information content (AvgIpc) is 2.83. The number of unbranched alkanes of at least 4 members (excludes halogenated alkanes) is 5. The van der Waals surface area contributed by atoms with Gasteiger partial charge in [-0.2, -0.15) is 11.8 Å². The first kappa shape index (κ1) is 19.3. The molecule has 0 saturated heterocycles. The molecule has 2 rings (SSSR count). The lowest BCUT2D eigenvalue weighted by Gasteiger charge is -2.17. The van der Waals surface area contributed by atoms with Crippen LogP contribution < -0.4 is 0 Å². The van der Waals surface area contributed by atoms with Gasteiger partial charge in [0.25, 0.3) is 11.8 Å². The first-order chi connectivity index (χ1) is 11.6. The summed E-state index contributed by atoms with van der Waals surface area (Å²) in [5.41, 5.74) is 0.984. The van der Waals surface area contributed by atoms with Gasteiger partial charge in [0, 0.05) is 12.3 Å². The number of hydrogen-bond acceptors (Lipinski definition) is 3. The van der Waals surface area contributed by atoms with Gasteiger partial charge in [0.15, 0.2) is 0 Å². The SMILES string of the molecule is CCCCCCCCSCC(Cl)CN1C(=O)c2ccccc2C1=O. The fraction of sp³-hybridized carbons (Fsp3) is 0.579. The van der Waals surface area contributed by atoms with Crippen LogP contribution in [0.1, 0.15) is 66.2 Å². The molecule has 1 atom stereocenters. The van der Waals surface area contributed by atoms with Gasteiger partial charge in [0.1, 0.15) is 0 Å². The zero-order valence-corrected chi connectivity index (χ0v) is 15.9. The Morgan fingerprint density at radius 2 is 1.58 bits per heavy atom. The molecule has 132 valence electrons. The van der Waals surface area contributed by atoms with Gasteiger partial charge in [0.05, 0.1) is 16.5 Å². The number of imide groups is 1. The predicted molar refractivity (Wildman–Crippen MR) is 102 cm³/mol. The number of halogens is 1. The van der Waals surface area contributed by atoms with Crippen LogP contribution in [0.2, 0.25) is 0 Å². The van der Waals surface area contributed by atoms with E-state index in [1.807, 2.05) is 11.8 Å². The molecule has 0 radical (unpaired) electrons. The Morgan fingerprint density at radius 1 is 1.00 bits per heavy atom. The molecule has 1 aliphatic heterocycles. The predicted octanol–water partition coefficient (Wildman–Crippen LogP) is 4.98. The molecular weight excluding hydrogens is 342 g/mol. The maximum Gasteiger partial charge on any atom is 0.261 e. The van der Waals surface area contributed by atoms with E-state index < -0.39 is 0 Å². The molecule has 1 unspecified atom stereocenters. The number of carbonyl (C=O) groups excluding carboxylic acids is 2. The molecule has 0 N–H and O–H groups in total. The fourth-order valence-corrected chi connectivity index (χ4v) is 4.19. The average molecular weight is 368 g/mol. The van der Waals surface area contributed by atoms with Gasteiger partial charge in [-0.25, -0.2) is 0 Å². The number of fused-ring (bicyclic) bond motifs is 1. The van der Waals surface area contributed by atoms with E-state index in [-0.39, 0.29) is 23.7 Å². The second-order valence-electron chi connectivity index (χ2n) is 6.21. The molecule has 0 spiro atoms. The molecule has 24 heavy (non-hydrogen) atoms. The highest BCUT2D eigenvalue weighted by Crippen LogP contribution is 2.24. The van der Waals surface area contributed by atoms with Crippen LogP contribution in [0.3, 0.4) is 0 Å². The summed E-state index contributed by atoms with van der Waals surface area (Å²) in [4.78, 5) is 25.9. The zero-order chi connectivity index (χ0) is 17.4. The smallest absolute Gasteiger partial charge is 0.261 e. The minimum atomic E-state index is -0.220. The second-order valence-corrected chi connectivity index (χ2v) is 7.97. The van der Waals surface area contributed by atoms with Gasteiger partial charge >= 0.3 is 0 Å². The summed E-state index contributed by atoms with van der Waals surface area (Å²) in [6, 6.07) is 6.96. The number of amides is 2. The Labute approximate surface area is 154 Å². The van der Waals surface area contributed by atoms with E-state index in [0.29, 0.717) is 11.1 Å². The Morgan fingerprint density at radius 3 is 2.21 bits per heavy atom. The quantitative estimate of drug-likeness (QED) is 0.314. The largest absolute Gasteiger partial charge is 0.273 e. The first-order valence-electron chi connectivity index (χ1n) is 8.82. The molecule has 3 nitrogen and oxygen atoms in total. The molecule has 1 aliphatic rings. The van der Waals surface area contributed by atoms with E-state index in [2.05, 4.69) is 6.92 Å². The van der Waals surface area contributed by atoms with Crippen molar-refractivity contribution in [2.75, 3.05) is 18.1 Å². The standard InChI is InChI=1S/C19H26ClNO2S/c1-2-3-4-5-6-9-12-24-14-15(20)13-21-18(22)16-10-7-8-11-17(16)19(21)23/h7-8,10-11,15H,2-6,9,12-14H2,1H3. The number of alkyl halides is 1. The molecule has 0 bridgehead atoms. The highest BCUT2D eigenvalue weighted by atomic mass is 35.5. The van der Waals surface area contributed by atoms with Gasteiger partial charge in [-0.15, -0.1) is 11.6 Å². The van der Waals surface area contributed by atoms with Crippen molar-refractivity contribution in [3.8, 4) is 0 Å². The molecule has 5 heteroatoms. The van der Waals surface area contributed by atoms with E-state index in [1.165, 1.54) is 43.4 Å². The van der Waals surface area contributed by atoms with E-state index in [4.69, 9.17) is 11.6 Å². The number of carbonyl (C=O) groups is 2. The maximum atomic E-state index is 12.3. The van der Waals surface area contributed by atoms with Crippen LogP contribution >= 0.6 is 23.4 Å². The second kappa shape index (κ2) is 10.1. The molecular formula is C19H26ClNO2S. The number of rotatable bonds is 11. The minimum absolute atomic E-state index is 0.197. The van der Waals surface area contributed by atoms with Crippen molar-refractivity contribution in [2.24, 2.45) is 0 Å². The summed E-state index contributed by atoms with van der Waals surface area (Å²) < 4.78 is 0. The lowest BCUT2D eigenvalue weighted by atomic mass is 10.1. The lowest BCUT2D eigenvalue weighted by molar-refractivity contribution is 0.0656. The van der Waals surface area contributed by atoms with Crippen LogP contribution in [0, 0.1) is 0 Å². The Balaban J connectivity index is 1.66. The maximum absolute atomic E-state index is 12.3. The third kappa shape index (κ3) is 5.25. The monoisotopic (exact) mass is 367 g/mol. The summed E-state index contributed by atoms with van der Waals surface area (Å²) in [5, 5.41) is -0.197. The van der Waals surface area contributed by atoms with E-state index in [0.717, 1.165) is 11.5 Å². The fourth-order valence-electron chi connectivity index (χ4n) is 2.85. The number of benzene rings is 1. The van der Waals surface area contributed by atoms with Crippen molar-refractivity contribution in [2.45, 2.75) is 50.8 Å². The topological polar surface area (TPSA) is 37.4 Å². The summed E-state index contributed by atoms with van der Waals surface area (Å²) in [6.07, 6.45) is 7.74. The molecule has 2 amide bonds. The van der Waals surface area contributed by atoms with Crippen molar-refractivity contribution < 1.29 is 9.59 Å². The zero-order valence-electron chi connectivity index (χ0n) is 14.3. The van der Waals surface area contributed by atoms with Crippen LogP contribution in [0.15, 0.2) is 24.3 Å². The van der Waals surface area contributed by atoms with Crippen molar-refractivity contribution >= 4 is 35.2 Å². The lowest BCUT2D eigenvalue weighted by Crippen LogP contribution is -2.35. The highest BCUT2D eigenvalue weighted by molar-refractivity contribution is 7.99. The van der Waals surface area contributed by atoms with Crippen molar-refractivity contribution in [3.05, 3.63) is 35.4 Å². The first-order valence-corrected chi connectivity index (χ1v) is 10.4. The molecule has 1 heterocycles. The Kier molecular flexibility index (Phi) is 8.13. The van der Waals surface area contributed by atoms with Gasteiger partial charge < -0.3 is 0 Å². The highest BCUT2D eigenvalue weighted by Gasteiger charge is 2.35. The number of nitrogens with zero attached hydrogens (tertiary/aromatic N) is 1. The molecule has 0 saturated carbocycles. The number of hydrogen-bond donors (Lipinski definition) is 0. The van der Waals surface area contributed by atoms with Crippen LogP contribution in [-0.2, 0) is 0 Å². The van der Waals surface area contributed by atoms with Crippen molar-refractivity contribution in [1.29, 1.82) is 0 Å². The Hall–Kier alpha value is -1.00. The van der Waals surface area contributed by atoms with Gasteiger partial charge in [0.2, 0.25) is 0 Å². The van der Waals surface area contributed by atoms with E-state index >= 15 is 0 Å². The molecule has 1 aromatic rings. The van der Waals surface area contributed by atoms with Crippen LogP contribution in [0.5, 0.6) is 0 Å². The van der Waals surface area contributed by atoms with Crippen LogP contribution in [-0.4, -0.2) is 40.1 Å². The van der Waals surface area contributed by atoms with E-state index in [1.54, 1.807) is 24.3 Å². The van der Waals surface area contributed by atoms with E-state index in [9.17, 15) is 9.59 Å². The molecule has 1 aromatic carbocycles. The van der Waals surface area contributed by atoms with Crippen LogP contribution in [0.25, 0.3) is 0 Å². The van der Waals surface area contributed by atoms with Crippen LogP contribution in [0.4, 0.5) is 0 Å². The van der Waals surface area contributed by atoms with Crippen molar-refractivity contribution in [3.63, 3.8) is 0 Å². The third-order valence-electron chi connectivity index (χ3n) is 4.20. The molecule has 0 fully saturated rings. The Bertz CT molecular complexity index is 529. The number of thioether (sulfide) groups is 1. The van der Waals surface area contributed by atoms with Gasteiger partial charge in [-0.05, 0) is 24.3 Å². The molecule has 0 aliphatic carbocycles. The summed E-state index contributed by atoms with van der Waals surface area (Å²) in [5.74, 6) is 1.42. The normalized spacial score (nSPS) is 15.0. The van der Waals surface area contributed by atoms with Gasteiger partial charge in [-0.3, -0.25) is 14.5 Å². The summed E-state index contributed by atoms with van der Waals surface area (Å²) in [6.45, 7) is 2.52. The summed E-state index contributed by atoms with van der Waals surface area (Å²) >= 11 is 8.16. The van der Waals surface area contributed by atoms with Crippen molar-refractivity contribution in [1.82, 2.24) is 4.90 Å². The van der Waals surface area contributed by atoms with Gasteiger partial charge in [-0.1, -0.05) is 51.2 Å². The third-order valence-corrected chi connectivity index (χ3v) is 5.89. The minimum Gasteiger partial charge on any atom is -0.273 e. The molecule has 0 aromatic heterocycles. The summed E-state index contributed by atoms with van der Waals surface area (Å²) in [7, 11) is 0.